The lowest BCUT2D eigenvalue weighted by atomic mass is 9.84. The van der Waals surface area contributed by atoms with E-state index in [0.29, 0.717) is 11.8 Å². The molecule has 232 valence electrons. The highest BCUT2D eigenvalue weighted by molar-refractivity contribution is 7.92. The van der Waals surface area contributed by atoms with Gasteiger partial charge in [-0.1, -0.05) is 62.8 Å². The number of sulfonamides is 2. The summed E-state index contributed by atoms with van der Waals surface area (Å²) >= 11 is 0. The topological polar surface area (TPSA) is 138 Å². The fourth-order valence-electron chi connectivity index (χ4n) is 6.76. The summed E-state index contributed by atoms with van der Waals surface area (Å²) in [5.41, 5.74) is 2.20. The summed E-state index contributed by atoms with van der Waals surface area (Å²) in [5, 5.41) is 10.6. The molecule has 3 aliphatic rings. The Morgan fingerprint density at radius 1 is 0.714 bits per heavy atom. The molecule has 3 fully saturated rings. The Morgan fingerprint density at radius 3 is 1.64 bits per heavy atom. The third-order valence-corrected chi connectivity index (χ3v) is 14.2. The van der Waals surface area contributed by atoms with Gasteiger partial charge in [0.15, 0.2) is 9.84 Å². The predicted octanol–water partition coefficient (Wildman–Crippen LogP) is 3.91. The molecule has 2 N–H and O–H groups in total. The van der Waals surface area contributed by atoms with Gasteiger partial charge in [0.1, 0.15) is 0 Å². The van der Waals surface area contributed by atoms with Crippen LogP contribution in [-0.2, 0) is 29.9 Å². The van der Waals surface area contributed by atoms with E-state index in [2.05, 4.69) is 4.72 Å². The smallest absolute Gasteiger partial charge is 0.243 e. The van der Waals surface area contributed by atoms with Crippen molar-refractivity contribution in [3.63, 3.8) is 0 Å². The summed E-state index contributed by atoms with van der Waals surface area (Å²) < 4.78 is 81.8. The molecule has 0 bridgehead atoms. The largest absolute Gasteiger partial charge is 0.390 e. The standard InChI is InChI=1S/C30H42N2O7S3/c33-30-22-40(34,35)21-29(30)32(42(38,39)28-17-13-26(14-18-28)24-9-5-2-6-10-24)20-19-31-41(36,37)27-15-11-25(12-16-27)23-7-3-1-4-8-23/h11-18,23-24,29-31,33H,1-10,19-22H2/t29-,30+/m1/s1. The number of hydrogen-bond acceptors (Lipinski definition) is 7. The Balaban J connectivity index is 1.31. The lowest BCUT2D eigenvalue weighted by Gasteiger charge is -2.29. The van der Waals surface area contributed by atoms with E-state index in [4.69, 9.17) is 0 Å². The Bertz CT molecular complexity index is 1530. The Morgan fingerprint density at radius 2 is 1.19 bits per heavy atom. The Hall–Kier alpha value is -1.83. The van der Waals surface area contributed by atoms with E-state index >= 15 is 0 Å². The van der Waals surface area contributed by atoms with Crippen LogP contribution < -0.4 is 4.72 Å². The summed E-state index contributed by atoms with van der Waals surface area (Å²) in [5.74, 6) is -0.237. The van der Waals surface area contributed by atoms with Crippen molar-refractivity contribution in [3.05, 3.63) is 59.7 Å². The first-order valence-corrected chi connectivity index (χ1v) is 19.8. The summed E-state index contributed by atoms with van der Waals surface area (Å²) in [6, 6.07) is 12.3. The maximum absolute atomic E-state index is 13.8. The average molecular weight is 639 g/mol. The first kappa shape index (κ1) is 31.6. The molecule has 5 rings (SSSR count). The molecular formula is C30H42N2O7S3. The molecule has 2 aliphatic carbocycles. The molecule has 0 aromatic heterocycles. The van der Waals surface area contributed by atoms with Gasteiger partial charge in [0, 0.05) is 13.1 Å². The number of rotatable bonds is 10. The van der Waals surface area contributed by atoms with Crippen molar-refractivity contribution < 1.29 is 30.4 Å². The molecule has 2 aromatic carbocycles. The van der Waals surface area contributed by atoms with Crippen LogP contribution in [0.3, 0.4) is 0 Å². The zero-order chi connectivity index (χ0) is 30.0. The number of benzene rings is 2. The lowest BCUT2D eigenvalue weighted by molar-refractivity contribution is 0.128. The van der Waals surface area contributed by atoms with Gasteiger partial charge in [-0.3, -0.25) is 0 Å². The summed E-state index contributed by atoms with van der Waals surface area (Å²) in [7, 11) is -11.8. The molecule has 2 saturated carbocycles. The van der Waals surface area contributed by atoms with Crippen molar-refractivity contribution in [2.75, 3.05) is 24.6 Å². The average Bonchev–Trinajstić information content (AvgIpc) is 3.27. The van der Waals surface area contributed by atoms with Gasteiger partial charge in [0.25, 0.3) is 0 Å². The molecule has 2 aromatic rings. The number of hydrogen-bond donors (Lipinski definition) is 2. The van der Waals surface area contributed by atoms with Gasteiger partial charge in [-0.25, -0.2) is 30.0 Å². The van der Waals surface area contributed by atoms with Gasteiger partial charge in [-0.15, -0.1) is 0 Å². The van der Waals surface area contributed by atoms with Gasteiger partial charge in [-0.05, 0) is 72.9 Å². The van der Waals surface area contributed by atoms with Crippen LogP contribution in [0.4, 0.5) is 0 Å². The highest BCUT2D eigenvalue weighted by Gasteiger charge is 2.44. The fraction of sp³-hybridized carbons (Fsp3) is 0.600. The second-order valence-corrected chi connectivity index (χ2v) is 17.8. The number of nitrogens with one attached hydrogen (secondary N) is 1. The lowest BCUT2D eigenvalue weighted by Crippen LogP contribution is -2.49. The molecule has 0 spiro atoms. The first-order chi connectivity index (χ1) is 20.0. The molecule has 0 unspecified atom stereocenters. The molecule has 2 atom stereocenters. The highest BCUT2D eigenvalue weighted by Crippen LogP contribution is 2.34. The van der Waals surface area contributed by atoms with E-state index < -0.39 is 53.5 Å². The van der Waals surface area contributed by atoms with Crippen molar-refractivity contribution in [1.82, 2.24) is 9.03 Å². The van der Waals surface area contributed by atoms with Crippen LogP contribution in [0.1, 0.15) is 87.2 Å². The van der Waals surface area contributed by atoms with Crippen LogP contribution in [-0.4, -0.2) is 71.4 Å². The van der Waals surface area contributed by atoms with Crippen LogP contribution in [0.15, 0.2) is 58.3 Å². The highest BCUT2D eigenvalue weighted by atomic mass is 32.2. The van der Waals surface area contributed by atoms with Crippen molar-refractivity contribution in [2.24, 2.45) is 0 Å². The molecule has 0 amide bonds. The zero-order valence-electron chi connectivity index (χ0n) is 23.9. The predicted molar refractivity (Wildman–Crippen MR) is 162 cm³/mol. The third-order valence-electron chi connectivity index (χ3n) is 9.12. The summed E-state index contributed by atoms with van der Waals surface area (Å²) in [4.78, 5) is 0.0676. The second kappa shape index (κ2) is 13.0. The van der Waals surface area contributed by atoms with E-state index in [1.807, 2.05) is 24.3 Å². The van der Waals surface area contributed by atoms with Gasteiger partial charge >= 0.3 is 0 Å². The van der Waals surface area contributed by atoms with E-state index in [9.17, 15) is 30.4 Å². The zero-order valence-corrected chi connectivity index (χ0v) is 26.3. The maximum Gasteiger partial charge on any atom is 0.243 e. The Labute approximate surface area is 250 Å². The van der Waals surface area contributed by atoms with E-state index in [1.54, 1.807) is 12.1 Å². The monoisotopic (exact) mass is 638 g/mol. The molecule has 1 aliphatic heterocycles. The molecule has 1 saturated heterocycles. The quantitative estimate of drug-likeness (QED) is 0.403. The minimum atomic E-state index is -4.24. The third kappa shape index (κ3) is 7.27. The van der Waals surface area contributed by atoms with Crippen LogP contribution in [0, 0.1) is 0 Å². The van der Waals surface area contributed by atoms with Crippen molar-refractivity contribution in [3.8, 4) is 0 Å². The molecule has 0 radical (unpaired) electrons. The van der Waals surface area contributed by atoms with Crippen LogP contribution in [0.25, 0.3) is 0 Å². The minimum Gasteiger partial charge on any atom is -0.390 e. The van der Waals surface area contributed by atoms with E-state index in [1.165, 1.54) is 37.8 Å². The van der Waals surface area contributed by atoms with E-state index in [-0.39, 0.29) is 22.9 Å². The molecule has 9 nitrogen and oxygen atoms in total. The number of aliphatic hydroxyl groups excluding tert-OH is 1. The van der Waals surface area contributed by atoms with Crippen molar-refractivity contribution in [2.45, 2.75) is 98.0 Å². The van der Waals surface area contributed by atoms with Crippen molar-refractivity contribution in [1.29, 1.82) is 0 Å². The molecule has 42 heavy (non-hydrogen) atoms. The SMILES string of the molecule is O=S1(=O)C[C@@H](N(CCNS(=O)(=O)c2ccc(C3CCCCC3)cc2)S(=O)(=O)c2ccc(C3CCCCC3)cc2)[C@@H](O)C1. The molecule has 1 heterocycles. The number of nitrogens with zero attached hydrogens (tertiary/aromatic N) is 1. The van der Waals surface area contributed by atoms with Gasteiger partial charge < -0.3 is 5.11 Å². The van der Waals surface area contributed by atoms with Crippen LogP contribution in [0.2, 0.25) is 0 Å². The van der Waals surface area contributed by atoms with Crippen LogP contribution >= 0.6 is 0 Å². The first-order valence-electron chi connectivity index (χ1n) is 15.1. The van der Waals surface area contributed by atoms with Crippen LogP contribution in [0.5, 0.6) is 0 Å². The molecule has 12 heteroatoms. The second-order valence-electron chi connectivity index (χ2n) is 12.0. The summed E-state index contributed by atoms with van der Waals surface area (Å²) in [6.45, 7) is -0.612. The van der Waals surface area contributed by atoms with Gasteiger partial charge in [0.2, 0.25) is 20.0 Å². The number of aliphatic hydroxyl groups is 1. The number of sulfone groups is 1. The van der Waals surface area contributed by atoms with Gasteiger partial charge in [0.05, 0.1) is 33.4 Å². The Kier molecular flexibility index (Phi) is 9.80. The maximum atomic E-state index is 13.8. The van der Waals surface area contributed by atoms with Crippen molar-refractivity contribution >= 4 is 29.9 Å². The minimum absolute atomic E-state index is 0.0142. The fourth-order valence-corrected chi connectivity index (χ4v) is 11.3. The van der Waals surface area contributed by atoms with E-state index in [0.717, 1.165) is 54.0 Å². The van der Waals surface area contributed by atoms with Gasteiger partial charge in [-0.2, -0.15) is 4.31 Å². The summed E-state index contributed by atoms with van der Waals surface area (Å²) in [6.07, 6.45) is 9.99. The normalized spacial score (nSPS) is 24.2. The molecular weight excluding hydrogens is 597 g/mol.